The van der Waals surface area contributed by atoms with E-state index in [0.29, 0.717) is 23.5 Å². The molecule has 190 valence electrons. The minimum absolute atomic E-state index is 0.0291. The van der Waals surface area contributed by atoms with Gasteiger partial charge in [0.15, 0.2) is 0 Å². The van der Waals surface area contributed by atoms with Gasteiger partial charge in [0.2, 0.25) is 5.91 Å². The number of hydrogen-bond acceptors (Lipinski definition) is 6. The van der Waals surface area contributed by atoms with Crippen molar-refractivity contribution in [3.8, 4) is 5.75 Å². The Hall–Kier alpha value is -3.43. The molecule has 2 amide bonds. The predicted molar refractivity (Wildman–Crippen MR) is 139 cm³/mol. The molecule has 0 saturated carbocycles. The summed E-state index contributed by atoms with van der Waals surface area (Å²) < 4.78 is 7.35. The van der Waals surface area contributed by atoms with E-state index in [-0.39, 0.29) is 25.3 Å². The van der Waals surface area contributed by atoms with Gasteiger partial charge < -0.3 is 20.5 Å². The largest absolute Gasteiger partial charge is 0.488 e. The molecule has 1 atom stereocenters. The van der Waals surface area contributed by atoms with Crippen LogP contribution < -0.4 is 10.5 Å². The van der Waals surface area contributed by atoms with Crippen molar-refractivity contribution in [2.75, 3.05) is 13.1 Å². The van der Waals surface area contributed by atoms with Crippen LogP contribution in [-0.4, -0.2) is 51.8 Å². The van der Waals surface area contributed by atoms with Gasteiger partial charge in [-0.15, -0.1) is 11.3 Å². The highest BCUT2D eigenvalue weighted by Crippen LogP contribution is 2.34. The lowest BCUT2D eigenvalue weighted by atomic mass is 10.1. The van der Waals surface area contributed by atoms with E-state index in [2.05, 4.69) is 43.0 Å². The van der Waals surface area contributed by atoms with Crippen molar-refractivity contribution in [1.29, 1.82) is 0 Å². The normalized spacial score (nSPS) is 13.9. The van der Waals surface area contributed by atoms with E-state index in [0.717, 1.165) is 24.5 Å². The molecule has 1 aliphatic heterocycles. The summed E-state index contributed by atoms with van der Waals surface area (Å²) in [6.07, 6.45) is -0.279. The second-order valence-electron chi connectivity index (χ2n) is 8.90. The van der Waals surface area contributed by atoms with Crippen LogP contribution in [0.3, 0.4) is 0 Å². The van der Waals surface area contributed by atoms with Gasteiger partial charge in [0.25, 0.3) is 5.91 Å². The van der Waals surface area contributed by atoms with Gasteiger partial charge in [-0.05, 0) is 54.7 Å². The molecule has 1 aliphatic rings. The third kappa shape index (κ3) is 5.52. The maximum Gasteiger partial charge on any atom is 0.303 e. The maximum absolute atomic E-state index is 13.0. The topological polar surface area (TPSA) is 113 Å². The molecular weight excluding hydrogens is 478 g/mol. The molecule has 0 fully saturated rings. The van der Waals surface area contributed by atoms with Gasteiger partial charge in [-0.25, -0.2) is 0 Å². The molecule has 0 spiro atoms. The molecule has 0 aliphatic carbocycles. The third-order valence-corrected chi connectivity index (χ3v) is 7.67. The van der Waals surface area contributed by atoms with Gasteiger partial charge in [0, 0.05) is 33.7 Å². The smallest absolute Gasteiger partial charge is 0.303 e. The minimum atomic E-state index is -1.04. The quantitative estimate of drug-likeness (QED) is 0.382. The zero-order valence-electron chi connectivity index (χ0n) is 20.5. The molecular formula is C27H31N3O5S. The van der Waals surface area contributed by atoms with E-state index in [1.807, 2.05) is 6.07 Å². The number of nitrogens with two attached hydrogens (primary N) is 1. The highest BCUT2D eigenvalue weighted by atomic mass is 32.1. The van der Waals surface area contributed by atoms with Crippen LogP contribution in [0.25, 0.3) is 10.1 Å². The molecule has 0 radical (unpaired) electrons. The molecule has 0 bridgehead atoms. The van der Waals surface area contributed by atoms with Gasteiger partial charge in [0.05, 0.1) is 6.54 Å². The molecule has 0 saturated heterocycles. The fraction of sp³-hybridized carbons (Fsp3) is 0.370. The average Bonchev–Trinajstić information content (AvgIpc) is 3.41. The zero-order chi connectivity index (χ0) is 25.8. The first-order chi connectivity index (χ1) is 17.3. The Labute approximate surface area is 214 Å². The molecule has 3 aromatic rings. The monoisotopic (exact) mass is 509 g/mol. The first-order valence-corrected chi connectivity index (χ1v) is 12.9. The number of benzene rings is 2. The standard InChI is InChI=1S/C27H31N3O5S/c1-3-29(4-2)14-17-8-9-18-13-19(36-24(18)12-17)16-35-23-7-5-6-20-21(23)15-30(27(20)34)22(26(28)33)10-11-25(31)32/h5-9,12-13,22H,3-4,10-11,14-16H2,1-2H3,(H2,28,33)(H,31,32). The highest BCUT2D eigenvalue weighted by molar-refractivity contribution is 7.19. The summed E-state index contributed by atoms with van der Waals surface area (Å²) in [5.41, 5.74) is 7.93. The Kier molecular flexibility index (Phi) is 7.91. The number of fused-ring (bicyclic) bond motifs is 2. The van der Waals surface area contributed by atoms with Crippen LogP contribution in [-0.2, 0) is 29.3 Å². The number of thiophene rings is 1. The minimum Gasteiger partial charge on any atom is -0.488 e. The van der Waals surface area contributed by atoms with Crippen molar-refractivity contribution in [1.82, 2.24) is 9.80 Å². The number of carboxylic acid groups (broad SMARTS) is 1. The second-order valence-corrected chi connectivity index (χ2v) is 10.1. The van der Waals surface area contributed by atoms with Gasteiger partial charge in [-0.1, -0.05) is 32.0 Å². The van der Waals surface area contributed by atoms with Gasteiger partial charge in [-0.3, -0.25) is 19.3 Å². The van der Waals surface area contributed by atoms with Gasteiger partial charge in [0.1, 0.15) is 18.4 Å². The molecule has 8 nitrogen and oxygen atoms in total. The van der Waals surface area contributed by atoms with Crippen LogP contribution in [0.1, 0.15) is 53.1 Å². The summed E-state index contributed by atoms with van der Waals surface area (Å²) in [6.45, 7) is 7.79. The van der Waals surface area contributed by atoms with E-state index in [9.17, 15) is 14.4 Å². The van der Waals surface area contributed by atoms with Crippen LogP contribution in [0.15, 0.2) is 42.5 Å². The summed E-state index contributed by atoms with van der Waals surface area (Å²) in [5, 5.41) is 10.2. The molecule has 2 aromatic carbocycles. The summed E-state index contributed by atoms with van der Waals surface area (Å²) in [6, 6.07) is 12.9. The fourth-order valence-electron chi connectivity index (χ4n) is 4.58. The van der Waals surface area contributed by atoms with Crippen molar-refractivity contribution < 1.29 is 24.2 Å². The molecule has 1 unspecified atom stereocenters. The van der Waals surface area contributed by atoms with Crippen molar-refractivity contribution in [3.63, 3.8) is 0 Å². The lowest BCUT2D eigenvalue weighted by Crippen LogP contribution is -2.45. The number of carbonyl (C=O) groups is 3. The highest BCUT2D eigenvalue weighted by Gasteiger charge is 2.37. The van der Waals surface area contributed by atoms with E-state index in [1.165, 1.54) is 20.5 Å². The number of carbonyl (C=O) groups excluding carboxylic acids is 2. The van der Waals surface area contributed by atoms with Crippen molar-refractivity contribution in [3.05, 3.63) is 64.0 Å². The number of carboxylic acids is 1. The van der Waals surface area contributed by atoms with Crippen LogP contribution in [0.5, 0.6) is 5.75 Å². The number of rotatable bonds is 12. The Bertz CT molecular complexity index is 1280. The van der Waals surface area contributed by atoms with E-state index in [1.54, 1.807) is 23.5 Å². The fourth-order valence-corrected chi connectivity index (χ4v) is 5.62. The number of aliphatic carboxylic acids is 1. The predicted octanol–water partition coefficient (Wildman–Crippen LogP) is 4.00. The van der Waals surface area contributed by atoms with Gasteiger partial charge in [-0.2, -0.15) is 0 Å². The molecule has 4 rings (SSSR count). The number of amides is 2. The molecule has 1 aromatic heterocycles. The molecule has 2 heterocycles. The summed E-state index contributed by atoms with van der Waals surface area (Å²) in [7, 11) is 0. The number of hydrogen-bond donors (Lipinski definition) is 2. The number of ether oxygens (including phenoxy) is 1. The number of nitrogens with zero attached hydrogens (tertiary/aromatic N) is 2. The van der Waals surface area contributed by atoms with E-state index in [4.69, 9.17) is 15.6 Å². The Morgan fingerprint density at radius 1 is 1.19 bits per heavy atom. The zero-order valence-corrected chi connectivity index (χ0v) is 21.3. The lowest BCUT2D eigenvalue weighted by Gasteiger charge is -2.24. The Morgan fingerprint density at radius 3 is 2.67 bits per heavy atom. The second kappa shape index (κ2) is 11.1. The molecule has 36 heavy (non-hydrogen) atoms. The molecule has 3 N–H and O–H groups in total. The third-order valence-electron chi connectivity index (χ3n) is 6.60. The Balaban J connectivity index is 1.48. The van der Waals surface area contributed by atoms with Crippen molar-refractivity contribution in [2.24, 2.45) is 5.73 Å². The Morgan fingerprint density at radius 2 is 1.97 bits per heavy atom. The first-order valence-electron chi connectivity index (χ1n) is 12.1. The number of primary amides is 1. The van der Waals surface area contributed by atoms with Crippen LogP contribution in [0, 0.1) is 0 Å². The van der Waals surface area contributed by atoms with E-state index < -0.39 is 17.9 Å². The van der Waals surface area contributed by atoms with Gasteiger partial charge >= 0.3 is 5.97 Å². The first kappa shape index (κ1) is 25.7. The van der Waals surface area contributed by atoms with Crippen LogP contribution in [0.4, 0.5) is 0 Å². The SMILES string of the molecule is CCN(CC)Cc1ccc2cc(COc3cccc4c3CN(C(CCC(=O)O)C(N)=O)C4=O)sc2c1. The summed E-state index contributed by atoms with van der Waals surface area (Å²) in [4.78, 5) is 40.8. The van der Waals surface area contributed by atoms with Crippen LogP contribution >= 0.6 is 11.3 Å². The lowest BCUT2D eigenvalue weighted by molar-refractivity contribution is -0.137. The summed E-state index contributed by atoms with van der Waals surface area (Å²) >= 11 is 1.69. The van der Waals surface area contributed by atoms with Crippen molar-refractivity contribution in [2.45, 2.75) is 52.4 Å². The maximum atomic E-state index is 13.0. The summed E-state index contributed by atoms with van der Waals surface area (Å²) in [5.74, 6) is -1.53. The molecule has 9 heteroatoms. The van der Waals surface area contributed by atoms with Crippen molar-refractivity contribution >= 4 is 39.2 Å². The van der Waals surface area contributed by atoms with E-state index >= 15 is 0 Å². The average molecular weight is 510 g/mol. The van der Waals surface area contributed by atoms with Crippen LogP contribution in [0.2, 0.25) is 0 Å².